The number of hydrogen-bond donors (Lipinski definition) is 0. The monoisotopic (exact) mass is 552 g/mol. The maximum atomic E-state index is 2.45. The van der Waals surface area contributed by atoms with E-state index < -0.39 is 0 Å². The minimum Gasteiger partial charge on any atom is -0.310 e. The predicted molar refractivity (Wildman–Crippen MR) is 178 cm³/mol. The van der Waals surface area contributed by atoms with Gasteiger partial charge in [0.2, 0.25) is 0 Å². The molecule has 3 nitrogen and oxygen atoms in total. The molecule has 5 aromatic rings. The van der Waals surface area contributed by atoms with Crippen LogP contribution >= 0.6 is 0 Å². The summed E-state index contributed by atoms with van der Waals surface area (Å²) in [6, 6.07) is 40.9. The van der Waals surface area contributed by atoms with E-state index in [9.17, 15) is 0 Å². The smallest absolute Gasteiger partial charge is 0.293 e. The lowest BCUT2D eigenvalue weighted by Crippen LogP contribution is -2.29. The maximum absolute atomic E-state index is 2.45. The second kappa shape index (κ2) is 13.4. The van der Waals surface area contributed by atoms with Gasteiger partial charge in [-0.25, -0.2) is 4.57 Å². The summed E-state index contributed by atoms with van der Waals surface area (Å²) in [6.07, 6.45) is 9.03. The molecule has 1 aromatic heterocycles. The molecule has 0 fully saturated rings. The Kier molecular flexibility index (Phi) is 9.18. The Balaban J connectivity index is 0.00000113. The van der Waals surface area contributed by atoms with Crippen LogP contribution in [-0.4, -0.2) is 4.57 Å². The van der Waals surface area contributed by atoms with Crippen LogP contribution in [0.25, 0.3) is 17.1 Å². The number of benzene rings is 4. The second-order valence-corrected chi connectivity index (χ2v) is 11.1. The molecule has 0 bridgehead atoms. The van der Waals surface area contributed by atoms with Crippen LogP contribution in [0.2, 0.25) is 0 Å². The standard InChI is InChI=1S/C36H34N3.C3H8/c1-27-24-31(25-28(2)35(27)38-23-22-37(3)36(38)29-14-7-4-8-15-29)30-16-13-21-34(26-30)39(32-17-9-5-10-18-32)33-19-11-6-12-20-33;1-3-2/h4-24,26,31H,25H2,1-3H3;3H2,1-2H3/q+1;. The van der Waals surface area contributed by atoms with Crippen LogP contribution in [0.15, 0.2) is 145 Å². The van der Waals surface area contributed by atoms with Crippen molar-refractivity contribution in [1.82, 2.24) is 4.57 Å². The van der Waals surface area contributed by atoms with Gasteiger partial charge in [0.25, 0.3) is 5.82 Å². The zero-order valence-corrected chi connectivity index (χ0v) is 25.5. The Hall–Kier alpha value is -4.63. The van der Waals surface area contributed by atoms with Crippen molar-refractivity contribution in [3.63, 3.8) is 0 Å². The van der Waals surface area contributed by atoms with E-state index >= 15 is 0 Å². The number of hydrogen-bond acceptors (Lipinski definition) is 1. The van der Waals surface area contributed by atoms with E-state index in [0.717, 1.165) is 17.8 Å². The SMILES string of the molecule is CC1=CC(c2cccc(N(c3ccccc3)c3ccccc3)c2)CC(C)=C1n1cc[n+](C)c1-c1ccccc1.CCC. The molecule has 42 heavy (non-hydrogen) atoms. The Morgan fingerprint density at radius 2 is 1.29 bits per heavy atom. The van der Waals surface area contributed by atoms with Crippen LogP contribution in [0.5, 0.6) is 0 Å². The fraction of sp³-hybridized carbons (Fsp3) is 0.205. The quantitative estimate of drug-likeness (QED) is 0.191. The molecule has 0 saturated heterocycles. The number of imidazole rings is 1. The number of rotatable bonds is 6. The van der Waals surface area contributed by atoms with Crippen LogP contribution in [0.4, 0.5) is 17.1 Å². The van der Waals surface area contributed by atoms with Gasteiger partial charge in [0.15, 0.2) is 0 Å². The molecule has 0 aliphatic heterocycles. The summed E-state index contributed by atoms with van der Waals surface area (Å²) >= 11 is 0. The molecule has 0 saturated carbocycles. The molecule has 0 radical (unpaired) electrons. The van der Waals surface area contributed by atoms with E-state index in [2.05, 4.69) is 183 Å². The minimum absolute atomic E-state index is 0.326. The number of aromatic nitrogens is 2. The minimum atomic E-state index is 0.326. The van der Waals surface area contributed by atoms with Gasteiger partial charge in [-0.05, 0) is 85.5 Å². The highest BCUT2D eigenvalue weighted by Gasteiger charge is 2.28. The third kappa shape index (κ3) is 6.16. The summed E-state index contributed by atoms with van der Waals surface area (Å²) in [6.45, 7) is 8.79. The Morgan fingerprint density at radius 1 is 0.738 bits per heavy atom. The van der Waals surface area contributed by atoms with Crippen molar-refractivity contribution >= 4 is 22.8 Å². The van der Waals surface area contributed by atoms with E-state index in [4.69, 9.17) is 0 Å². The molecule has 1 aliphatic rings. The van der Waals surface area contributed by atoms with Crippen molar-refractivity contribution in [3.8, 4) is 11.4 Å². The lowest BCUT2D eigenvalue weighted by molar-refractivity contribution is -0.659. The molecule has 3 heteroatoms. The van der Waals surface area contributed by atoms with Gasteiger partial charge in [-0.15, -0.1) is 0 Å². The molecular weight excluding hydrogens is 510 g/mol. The van der Waals surface area contributed by atoms with Gasteiger partial charge in [0, 0.05) is 23.0 Å². The van der Waals surface area contributed by atoms with Crippen LogP contribution < -0.4 is 9.47 Å². The predicted octanol–water partition coefficient (Wildman–Crippen LogP) is 10.2. The van der Waals surface area contributed by atoms with Gasteiger partial charge in [-0.3, -0.25) is 0 Å². The highest BCUT2D eigenvalue weighted by Crippen LogP contribution is 2.41. The van der Waals surface area contributed by atoms with Crippen LogP contribution in [0.3, 0.4) is 0 Å². The Morgan fingerprint density at radius 3 is 1.86 bits per heavy atom. The lowest BCUT2D eigenvalue weighted by Gasteiger charge is -2.27. The molecule has 212 valence electrons. The first kappa shape index (κ1) is 28.9. The zero-order chi connectivity index (χ0) is 29.5. The van der Waals surface area contributed by atoms with Crippen molar-refractivity contribution in [2.24, 2.45) is 7.05 Å². The van der Waals surface area contributed by atoms with Gasteiger partial charge in [0.05, 0.1) is 12.6 Å². The highest BCUT2D eigenvalue weighted by molar-refractivity contribution is 5.77. The number of aryl methyl sites for hydroxylation is 1. The highest BCUT2D eigenvalue weighted by atomic mass is 15.1. The molecule has 1 unspecified atom stereocenters. The summed E-state index contributed by atoms with van der Waals surface area (Å²) < 4.78 is 4.57. The van der Waals surface area contributed by atoms with Gasteiger partial charge < -0.3 is 4.90 Å². The topological polar surface area (TPSA) is 12.1 Å². The lowest BCUT2D eigenvalue weighted by atomic mass is 9.84. The van der Waals surface area contributed by atoms with Crippen LogP contribution in [0.1, 0.15) is 52.0 Å². The molecule has 0 amide bonds. The van der Waals surface area contributed by atoms with Gasteiger partial charge in [0.1, 0.15) is 18.1 Å². The normalized spacial score (nSPS) is 14.6. The largest absolute Gasteiger partial charge is 0.310 e. The number of anilines is 3. The Bertz CT molecular complexity index is 1620. The zero-order valence-electron chi connectivity index (χ0n) is 25.5. The van der Waals surface area contributed by atoms with Gasteiger partial charge >= 0.3 is 0 Å². The number of nitrogens with zero attached hydrogens (tertiary/aromatic N) is 3. The van der Waals surface area contributed by atoms with E-state index in [1.54, 1.807) is 0 Å². The first-order valence-corrected chi connectivity index (χ1v) is 15.0. The summed E-state index contributed by atoms with van der Waals surface area (Å²) in [5.41, 5.74) is 10.1. The van der Waals surface area contributed by atoms with Crippen LogP contribution in [-0.2, 0) is 7.05 Å². The Labute approximate surface area is 251 Å². The van der Waals surface area contributed by atoms with Crippen molar-refractivity contribution < 1.29 is 4.57 Å². The third-order valence-electron chi connectivity index (χ3n) is 7.61. The molecular formula is C39H42N3+. The van der Waals surface area contributed by atoms with E-state index in [-0.39, 0.29) is 0 Å². The van der Waals surface area contributed by atoms with E-state index in [1.807, 2.05) is 0 Å². The van der Waals surface area contributed by atoms with Crippen LogP contribution in [0, 0.1) is 0 Å². The summed E-state index contributed by atoms with van der Waals surface area (Å²) in [5.74, 6) is 1.52. The summed E-state index contributed by atoms with van der Waals surface area (Å²) in [4.78, 5) is 2.34. The first-order valence-electron chi connectivity index (χ1n) is 15.0. The fourth-order valence-electron chi connectivity index (χ4n) is 5.90. The van der Waals surface area contributed by atoms with Crippen molar-refractivity contribution in [2.45, 2.75) is 46.5 Å². The molecule has 1 heterocycles. The second-order valence-electron chi connectivity index (χ2n) is 11.1. The molecule has 0 spiro atoms. The molecule has 1 aliphatic carbocycles. The number of para-hydroxylation sites is 2. The van der Waals surface area contributed by atoms with Crippen molar-refractivity contribution in [2.75, 3.05) is 4.90 Å². The van der Waals surface area contributed by atoms with Gasteiger partial charge in [-0.2, -0.15) is 4.57 Å². The molecule has 0 N–H and O–H groups in total. The molecule has 1 atom stereocenters. The average Bonchev–Trinajstić information content (AvgIpc) is 3.39. The molecule has 6 rings (SSSR count). The maximum Gasteiger partial charge on any atom is 0.293 e. The fourth-order valence-corrected chi connectivity index (χ4v) is 5.90. The average molecular weight is 553 g/mol. The summed E-state index contributed by atoms with van der Waals surface area (Å²) in [5, 5.41) is 0. The van der Waals surface area contributed by atoms with Crippen molar-refractivity contribution in [1.29, 1.82) is 0 Å². The van der Waals surface area contributed by atoms with Crippen molar-refractivity contribution in [3.05, 3.63) is 150 Å². The first-order chi connectivity index (χ1) is 20.5. The van der Waals surface area contributed by atoms with E-state index in [0.29, 0.717) is 5.92 Å². The van der Waals surface area contributed by atoms with Gasteiger partial charge in [-0.1, -0.05) is 93.1 Å². The summed E-state index contributed by atoms with van der Waals surface area (Å²) in [7, 11) is 2.12. The third-order valence-corrected chi connectivity index (χ3v) is 7.61. The molecule has 4 aromatic carbocycles. The van der Waals surface area contributed by atoms with E-state index in [1.165, 1.54) is 45.9 Å². The number of allylic oxidation sites excluding steroid dienone is 4.